The van der Waals surface area contributed by atoms with E-state index in [0.29, 0.717) is 0 Å². The molecule has 0 heterocycles. The lowest BCUT2D eigenvalue weighted by Crippen LogP contribution is -2.40. The zero-order chi connectivity index (χ0) is 44.2. The van der Waals surface area contributed by atoms with Crippen LogP contribution in [0.4, 0.5) is 34.1 Å². The Balaban J connectivity index is 1.15. The van der Waals surface area contributed by atoms with Crippen molar-refractivity contribution in [3.05, 3.63) is 288 Å². The Morgan fingerprint density at radius 2 is 0.591 bits per heavy atom. The van der Waals surface area contributed by atoms with Crippen LogP contribution in [0.25, 0.3) is 33.4 Å². The van der Waals surface area contributed by atoms with Crippen LogP contribution in [0.3, 0.4) is 0 Å². The van der Waals surface area contributed by atoms with E-state index >= 15 is 0 Å². The van der Waals surface area contributed by atoms with Gasteiger partial charge in [-0.2, -0.15) is 0 Å². The standard InChI is InChI=1S/C64H48N2/c1-63(2)55-33-17-19-35-57(55)64(58-36-20-18-34-56(58)63)59-43-49(65(47-27-11-5-12-28-47)61-37-21-15-31-51(61)45-23-7-3-8-24-45)39-41-53(59)54-42-40-50(44-60(54)64)66(48-29-13-6-14-30-48)62-38-22-16-32-52(62)46-25-9-4-10-26-46/h3-44H,1-2H3. The molecule has 66 heavy (non-hydrogen) atoms. The van der Waals surface area contributed by atoms with Gasteiger partial charge in [0.15, 0.2) is 0 Å². The van der Waals surface area contributed by atoms with E-state index in [0.717, 1.165) is 34.1 Å². The van der Waals surface area contributed by atoms with Gasteiger partial charge < -0.3 is 9.80 Å². The zero-order valence-corrected chi connectivity index (χ0v) is 37.1. The van der Waals surface area contributed by atoms with E-state index in [9.17, 15) is 0 Å². The minimum atomic E-state index is -0.637. The molecule has 1 spiro atoms. The summed E-state index contributed by atoms with van der Waals surface area (Å²) in [5.41, 5.74) is 21.0. The van der Waals surface area contributed by atoms with Crippen molar-refractivity contribution < 1.29 is 0 Å². The molecular formula is C64H48N2. The Hall–Kier alpha value is -8.20. The molecule has 0 N–H and O–H groups in total. The molecule has 2 nitrogen and oxygen atoms in total. The highest BCUT2D eigenvalue weighted by Crippen LogP contribution is 2.63. The molecule has 0 saturated heterocycles. The summed E-state index contributed by atoms with van der Waals surface area (Å²) in [4.78, 5) is 4.90. The number of benzene rings is 10. The number of nitrogens with zero attached hydrogens (tertiary/aromatic N) is 2. The van der Waals surface area contributed by atoms with Crippen molar-refractivity contribution in [3.8, 4) is 33.4 Å². The molecule has 2 aliphatic carbocycles. The van der Waals surface area contributed by atoms with Crippen molar-refractivity contribution in [3.63, 3.8) is 0 Å². The van der Waals surface area contributed by atoms with Crippen molar-refractivity contribution in [2.24, 2.45) is 0 Å². The van der Waals surface area contributed by atoms with Crippen LogP contribution < -0.4 is 9.80 Å². The molecule has 0 fully saturated rings. The summed E-state index contributed by atoms with van der Waals surface area (Å²) in [5, 5.41) is 0. The largest absolute Gasteiger partial charge is 0.310 e. The lowest BCUT2D eigenvalue weighted by molar-refractivity contribution is 0.563. The van der Waals surface area contributed by atoms with Gasteiger partial charge in [0.25, 0.3) is 0 Å². The second kappa shape index (κ2) is 15.8. The molecule has 0 unspecified atom stereocenters. The number of rotatable bonds is 8. The highest BCUT2D eigenvalue weighted by molar-refractivity contribution is 5.96. The molecule has 0 amide bonds. The van der Waals surface area contributed by atoms with Crippen LogP contribution in [0.1, 0.15) is 47.2 Å². The normalized spacial score (nSPS) is 13.5. The van der Waals surface area contributed by atoms with Gasteiger partial charge in [-0.15, -0.1) is 0 Å². The van der Waals surface area contributed by atoms with Gasteiger partial charge in [0.05, 0.1) is 16.8 Å². The highest BCUT2D eigenvalue weighted by atomic mass is 15.2. The molecule has 0 saturated carbocycles. The number of anilines is 6. The average Bonchev–Trinajstić information content (AvgIpc) is 3.67. The van der Waals surface area contributed by atoms with E-state index in [2.05, 4.69) is 278 Å². The third-order valence-electron chi connectivity index (χ3n) is 14.1. The molecular weight excluding hydrogens is 797 g/mol. The van der Waals surface area contributed by atoms with Crippen LogP contribution in [0.15, 0.2) is 255 Å². The summed E-state index contributed by atoms with van der Waals surface area (Å²) < 4.78 is 0. The van der Waals surface area contributed by atoms with Gasteiger partial charge in [-0.05, 0) is 116 Å². The van der Waals surface area contributed by atoms with E-state index < -0.39 is 5.41 Å². The topological polar surface area (TPSA) is 6.48 Å². The van der Waals surface area contributed by atoms with Crippen molar-refractivity contribution in [2.45, 2.75) is 24.7 Å². The maximum atomic E-state index is 2.51. The zero-order valence-electron chi connectivity index (χ0n) is 37.1. The maximum Gasteiger partial charge on any atom is 0.0721 e. The Labute approximate surface area is 388 Å². The van der Waals surface area contributed by atoms with Gasteiger partial charge in [-0.3, -0.25) is 0 Å². The van der Waals surface area contributed by atoms with Gasteiger partial charge >= 0.3 is 0 Å². The SMILES string of the molecule is CC1(C)c2ccccc2C2(c3cc(N(c4ccccc4)c4ccccc4-c4ccccc4)ccc3-c3ccc(N(c4ccccc4)c4ccccc4-c4ccccc4)cc32)c2ccccc21. The summed E-state index contributed by atoms with van der Waals surface area (Å²) in [5.74, 6) is 0. The first-order chi connectivity index (χ1) is 32.5. The first kappa shape index (κ1) is 39.4. The van der Waals surface area contributed by atoms with Crippen LogP contribution in [-0.2, 0) is 10.8 Å². The van der Waals surface area contributed by atoms with Crippen LogP contribution >= 0.6 is 0 Å². The maximum absolute atomic E-state index is 2.51. The van der Waals surface area contributed by atoms with Gasteiger partial charge in [0.2, 0.25) is 0 Å². The molecule has 12 rings (SSSR count). The van der Waals surface area contributed by atoms with E-state index in [1.807, 2.05) is 0 Å². The minimum Gasteiger partial charge on any atom is -0.310 e. The fourth-order valence-electron chi connectivity index (χ4n) is 11.2. The number of hydrogen-bond donors (Lipinski definition) is 0. The number of hydrogen-bond acceptors (Lipinski definition) is 2. The lowest BCUT2D eigenvalue weighted by atomic mass is 9.55. The molecule has 2 heteroatoms. The Morgan fingerprint density at radius 1 is 0.258 bits per heavy atom. The molecule has 10 aromatic carbocycles. The third kappa shape index (κ3) is 6.10. The second-order valence-electron chi connectivity index (χ2n) is 18.0. The minimum absolute atomic E-state index is 0.230. The Morgan fingerprint density at radius 3 is 1.00 bits per heavy atom. The van der Waals surface area contributed by atoms with Crippen molar-refractivity contribution in [1.29, 1.82) is 0 Å². The summed E-state index contributed by atoms with van der Waals surface area (Å²) in [7, 11) is 0. The fraction of sp³-hybridized carbons (Fsp3) is 0.0625. The molecule has 0 aliphatic heterocycles. The predicted octanol–water partition coefficient (Wildman–Crippen LogP) is 17.0. The van der Waals surface area contributed by atoms with Gasteiger partial charge in [-0.25, -0.2) is 0 Å². The molecule has 0 radical (unpaired) electrons. The molecule has 0 bridgehead atoms. The predicted molar refractivity (Wildman–Crippen MR) is 276 cm³/mol. The average molecular weight is 845 g/mol. The third-order valence-corrected chi connectivity index (χ3v) is 14.1. The number of fused-ring (bicyclic) bond motifs is 9. The molecule has 0 aromatic heterocycles. The summed E-state index contributed by atoms with van der Waals surface area (Å²) >= 11 is 0. The van der Waals surface area contributed by atoms with Crippen molar-refractivity contribution in [2.75, 3.05) is 9.80 Å². The van der Waals surface area contributed by atoms with Gasteiger partial charge in [-0.1, -0.05) is 208 Å². The molecule has 314 valence electrons. The lowest BCUT2D eigenvalue weighted by Gasteiger charge is -2.47. The Bertz CT molecular complexity index is 3160. The summed E-state index contributed by atoms with van der Waals surface area (Å²) in [6, 6.07) is 93.8. The monoisotopic (exact) mass is 844 g/mol. The van der Waals surface area contributed by atoms with Gasteiger partial charge in [0.1, 0.15) is 0 Å². The van der Waals surface area contributed by atoms with Crippen LogP contribution in [-0.4, -0.2) is 0 Å². The molecule has 2 aliphatic rings. The van der Waals surface area contributed by atoms with Crippen LogP contribution in [0.5, 0.6) is 0 Å². The summed E-state index contributed by atoms with van der Waals surface area (Å²) in [6.45, 7) is 4.80. The van der Waals surface area contributed by atoms with E-state index in [4.69, 9.17) is 0 Å². The van der Waals surface area contributed by atoms with E-state index in [1.54, 1.807) is 0 Å². The van der Waals surface area contributed by atoms with E-state index in [1.165, 1.54) is 66.8 Å². The Kier molecular flexibility index (Phi) is 9.43. The molecule has 0 atom stereocenters. The first-order valence-electron chi connectivity index (χ1n) is 23.0. The smallest absolute Gasteiger partial charge is 0.0721 e. The fourth-order valence-corrected chi connectivity index (χ4v) is 11.2. The van der Waals surface area contributed by atoms with Crippen LogP contribution in [0, 0.1) is 0 Å². The van der Waals surface area contributed by atoms with Crippen molar-refractivity contribution in [1.82, 2.24) is 0 Å². The first-order valence-corrected chi connectivity index (χ1v) is 23.0. The number of para-hydroxylation sites is 4. The van der Waals surface area contributed by atoms with E-state index in [-0.39, 0.29) is 5.41 Å². The molecule has 10 aromatic rings. The van der Waals surface area contributed by atoms with Gasteiger partial charge in [0, 0.05) is 39.3 Å². The highest BCUT2D eigenvalue weighted by Gasteiger charge is 2.53. The second-order valence-corrected chi connectivity index (χ2v) is 18.0. The quantitative estimate of drug-likeness (QED) is 0.150. The summed E-state index contributed by atoms with van der Waals surface area (Å²) in [6.07, 6.45) is 0. The van der Waals surface area contributed by atoms with Crippen molar-refractivity contribution >= 4 is 34.1 Å². The van der Waals surface area contributed by atoms with Crippen LogP contribution in [0.2, 0.25) is 0 Å².